The molecule has 2 aromatic rings. The van der Waals surface area contributed by atoms with Crippen molar-refractivity contribution in [3.63, 3.8) is 0 Å². The Morgan fingerprint density at radius 1 is 1.21 bits per heavy atom. The number of carbonyl (C=O) groups excluding carboxylic acids is 2. The number of nitrogens with zero attached hydrogens (tertiary/aromatic N) is 2. The molecule has 7 heteroatoms. The van der Waals surface area contributed by atoms with Gasteiger partial charge in [-0.15, -0.1) is 0 Å². The molecule has 0 saturated carbocycles. The minimum atomic E-state index is -0.527. The number of hydrogen-bond acceptors (Lipinski definition) is 4. The number of hydrogen-bond donors (Lipinski definition) is 1. The lowest BCUT2D eigenvalue weighted by Gasteiger charge is -2.36. The molecule has 0 bridgehead atoms. The van der Waals surface area contributed by atoms with Crippen molar-refractivity contribution in [3.8, 4) is 11.5 Å². The van der Waals surface area contributed by atoms with E-state index >= 15 is 0 Å². The minimum absolute atomic E-state index is 0.102. The molecular weight excluding hydrogens is 358 g/mol. The quantitative estimate of drug-likeness (QED) is 0.707. The van der Waals surface area contributed by atoms with Gasteiger partial charge in [0.1, 0.15) is 18.3 Å². The second-order valence-corrected chi connectivity index (χ2v) is 7.20. The number of carbonyl (C=O) groups is 2. The Bertz CT molecular complexity index is 831. The summed E-state index contributed by atoms with van der Waals surface area (Å²) in [5, 5.41) is 2.89. The van der Waals surface area contributed by atoms with Gasteiger partial charge in [0.15, 0.2) is 11.5 Å². The molecule has 150 valence electrons. The molecule has 1 aromatic carbocycles. The third kappa shape index (κ3) is 4.30. The summed E-state index contributed by atoms with van der Waals surface area (Å²) in [5.41, 5.74) is 0.629. The van der Waals surface area contributed by atoms with Crippen molar-refractivity contribution in [3.05, 3.63) is 48.3 Å². The first-order valence-electron chi connectivity index (χ1n) is 9.51. The maximum Gasteiger partial charge on any atom is 0.271 e. The second-order valence-electron chi connectivity index (χ2n) is 7.20. The van der Waals surface area contributed by atoms with Gasteiger partial charge in [0.05, 0.1) is 20.2 Å². The summed E-state index contributed by atoms with van der Waals surface area (Å²) in [6.07, 6.45) is 1.84. The topological polar surface area (TPSA) is 72.8 Å². The highest BCUT2D eigenvalue weighted by Gasteiger charge is 2.36. The summed E-state index contributed by atoms with van der Waals surface area (Å²) in [6, 6.07) is 10.5. The van der Waals surface area contributed by atoms with Crippen molar-refractivity contribution in [1.82, 2.24) is 14.8 Å². The van der Waals surface area contributed by atoms with E-state index in [4.69, 9.17) is 9.47 Å². The largest absolute Gasteiger partial charge is 0.493 e. The van der Waals surface area contributed by atoms with Gasteiger partial charge in [-0.2, -0.15) is 0 Å². The standard InChI is InChI=1S/C21H27N3O4/c1-15(2)13-24-17(14-23-11-6-7-16(23)21(24)26)20(25)22-10-12-28-19-9-5-4-8-18(19)27-3/h4-9,11,15,17H,10,12-14H2,1-3H3,(H,22,25). The van der Waals surface area contributed by atoms with Gasteiger partial charge in [0, 0.05) is 12.7 Å². The van der Waals surface area contributed by atoms with Gasteiger partial charge < -0.3 is 24.3 Å². The van der Waals surface area contributed by atoms with Crippen molar-refractivity contribution in [2.45, 2.75) is 26.4 Å². The summed E-state index contributed by atoms with van der Waals surface area (Å²) in [6.45, 7) is 5.73. The number of para-hydroxylation sites is 2. The predicted octanol–water partition coefficient (Wildman–Crippen LogP) is 2.17. The first-order valence-corrected chi connectivity index (χ1v) is 9.51. The van der Waals surface area contributed by atoms with Crippen LogP contribution in [0.15, 0.2) is 42.6 Å². The van der Waals surface area contributed by atoms with Crippen LogP contribution in [0.1, 0.15) is 24.3 Å². The van der Waals surface area contributed by atoms with E-state index in [1.54, 1.807) is 18.1 Å². The van der Waals surface area contributed by atoms with E-state index in [0.717, 1.165) is 0 Å². The number of ether oxygens (including phenoxy) is 2. The predicted molar refractivity (Wildman–Crippen MR) is 106 cm³/mol. The first kappa shape index (κ1) is 19.8. The van der Waals surface area contributed by atoms with E-state index in [1.165, 1.54) is 0 Å². The molecule has 0 spiro atoms. The van der Waals surface area contributed by atoms with Crippen LogP contribution < -0.4 is 14.8 Å². The highest BCUT2D eigenvalue weighted by atomic mass is 16.5. The Hall–Kier alpha value is -2.96. The molecule has 1 aliphatic heterocycles. The van der Waals surface area contributed by atoms with Gasteiger partial charge in [-0.1, -0.05) is 26.0 Å². The molecule has 0 fully saturated rings. The first-order chi connectivity index (χ1) is 13.5. The number of amides is 2. The van der Waals surface area contributed by atoms with Gasteiger partial charge in [-0.3, -0.25) is 9.59 Å². The molecule has 1 N–H and O–H groups in total. The number of benzene rings is 1. The van der Waals surface area contributed by atoms with Crippen LogP contribution in [-0.2, 0) is 11.3 Å². The molecule has 1 aromatic heterocycles. The van der Waals surface area contributed by atoms with E-state index in [2.05, 4.69) is 5.32 Å². The number of methoxy groups -OCH3 is 1. The summed E-state index contributed by atoms with van der Waals surface area (Å²) >= 11 is 0. The van der Waals surface area contributed by atoms with Gasteiger partial charge in [0.25, 0.3) is 5.91 Å². The number of fused-ring (bicyclic) bond motifs is 1. The van der Waals surface area contributed by atoms with Crippen molar-refractivity contribution in [2.24, 2.45) is 5.92 Å². The number of aromatic nitrogens is 1. The lowest BCUT2D eigenvalue weighted by atomic mass is 10.1. The maximum absolute atomic E-state index is 12.8. The van der Waals surface area contributed by atoms with Gasteiger partial charge in [-0.05, 0) is 30.2 Å². The zero-order valence-corrected chi connectivity index (χ0v) is 16.6. The summed E-state index contributed by atoms with van der Waals surface area (Å²) in [7, 11) is 1.59. The van der Waals surface area contributed by atoms with Crippen LogP contribution in [0, 0.1) is 5.92 Å². The molecule has 7 nitrogen and oxygen atoms in total. The molecule has 1 aliphatic rings. The Morgan fingerprint density at radius 2 is 1.96 bits per heavy atom. The second kappa shape index (κ2) is 8.82. The summed E-state index contributed by atoms with van der Waals surface area (Å²) < 4.78 is 12.8. The van der Waals surface area contributed by atoms with E-state index in [1.807, 2.05) is 54.9 Å². The third-order valence-corrected chi connectivity index (χ3v) is 4.65. The van der Waals surface area contributed by atoms with Crippen LogP contribution >= 0.6 is 0 Å². The molecule has 2 amide bonds. The van der Waals surface area contributed by atoms with Crippen LogP contribution in [0.5, 0.6) is 11.5 Å². The highest BCUT2D eigenvalue weighted by molar-refractivity contribution is 5.97. The Labute approximate surface area is 165 Å². The monoisotopic (exact) mass is 385 g/mol. The van der Waals surface area contributed by atoms with Crippen molar-refractivity contribution < 1.29 is 19.1 Å². The zero-order valence-electron chi connectivity index (χ0n) is 16.6. The van der Waals surface area contributed by atoms with E-state index in [-0.39, 0.29) is 17.7 Å². The van der Waals surface area contributed by atoms with Gasteiger partial charge in [0.2, 0.25) is 5.91 Å². The van der Waals surface area contributed by atoms with Crippen LogP contribution in [-0.4, -0.2) is 54.1 Å². The Morgan fingerprint density at radius 3 is 2.68 bits per heavy atom. The Balaban J connectivity index is 1.60. The molecule has 1 atom stereocenters. The van der Waals surface area contributed by atoms with Gasteiger partial charge >= 0.3 is 0 Å². The van der Waals surface area contributed by atoms with Crippen LogP contribution in [0.2, 0.25) is 0 Å². The molecule has 0 saturated heterocycles. The maximum atomic E-state index is 12.8. The number of nitrogens with one attached hydrogen (secondary N) is 1. The minimum Gasteiger partial charge on any atom is -0.493 e. The molecule has 3 rings (SSSR count). The Kier molecular flexibility index (Phi) is 6.23. The van der Waals surface area contributed by atoms with Gasteiger partial charge in [-0.25, -0.2) is 0 Å². The van der Waals surface area contributed by atoms with E-state index in [9.17, 15) is 9.59 Å². The molecule has 2 heterocycles. The average Bonchev–Trinajstić information content (AvgIpc) is 3.16. The summed E-state index contributed by atoms with van der Waals surface area (Å²) in [4.78, 5) is 27.3. The molecule has 0 aliphatic carbocycles. The summed E-state index contributed by atoms with van der Waals surface area (Å²) in [5.74, 6) is 1.28. The SMILES string of the molecule is COc1ccccc1OCCNC(=O)C1Cn2cccc2C(=O)N1CC(C)C. The molecule has 0 radical (unpaired) electrons. The molecule has 1 unspecified atom stereocenters. The van der Waals surface area contributed by atoms with Crippen molar-refractivity contribution in [1.29, 1.82) is 0 Å². The number of rotatable bonds is 8. The van der Waals surface area contributed by atoms with E-state index in [0.29, 0.717) is 43.4 Å². The fraction of sp³-hybridized carbons (Fsp3) is 0.429. The van der Waals surface area contributed by atoms with Crippen molar-refractivity contribution in [2.75, 3.05) is 26.8 Å². The third-order valence-electron chi connectivity index (χ3n) is 4.65. The van der Waals surface area contributed by atoms with Crippen molar-refractivity contribution >= 4 is 11.8 Å². The normalized spacial score (nSPS) is 16.1. The average molecular weight is 385 g/mol. The molecular formula is C21H27N3O4. The van der Waals surface area contributed by atoms with E-state index < -0.39 is 6.04 Å². The fourth-order valence-corrected chi connectivity index (χ4v) is 3.36. The lowest BCUT2D eigenvalue weighted by molar-refractivity contribution is -0.126. The van der Waals surface area contributed by atoms with Crippen LogP contribution in [0.4, 0.5) is 0 Å². The van der Waals surface area contributed by atoms with Crippen LogP contribution in [0.3, 0.4) is 0 Å². The highest BCUT2D eigenvalue weighted by Crippen LogP contribution is 2.25. The fourth-order valence-electron chi connectivity index (χ4n) is 3.36. The lowest BCUT2D eigenvalue weighted by Crippen LogP contribution is -2.56. The smallest absolute Gasteiger partial charge is 0.271 e. The zero-order chi connectivity index (χ0) is 20.1. The van der Waals surface area contributed by atoms with Crippen LogP contribution in [0.25, 0.3) is 0 Å². The molecule has 28 heavy (non-hydrogen) atoms.